The molecule has 1 aromatic heterocycles. The van der Waals surface area contributed by atoms with Crippen LogP contribution in [-0.4, -0.2) is 12.1 Å². The fraction of sp³-hybridized carbons (Fsp3) is 0.545. The van der Waals surface area contributed by atoms with Crippen LogP contribution < -0.4 is 4.74 Å². The van der Waals surface area contributed by atoms with E-state index in [2.05, 4.69) is 9.72 Å². The summed E-state index contributed by atoms with van der Waals surface area (Å²) in [5, 5.41) is 0. The van der Waals surface area contributed by atoms with Crippen LogP contribution in [0, 0.1) is 0 Å². The summed E-state index contributed by atoms with van der Waals surface area (Å²) in [6, 6.07) is 1.04. The van der Waals surface area contributed by atoms with Crippen LogP contribution in [-0.2, 0) is 11.6 Å². The molecule has 16 heavy (non-hydrogen) atoms. The van der Waals surface area contributed by atoms with Crippen molar-refractivity contribution in [3.8, 4) is 5.75 Å². The average molecular weight is 233 g/mol. The predicted molar refractivity (Wildman–Crippen MR) is 54.5 cm³/mol. The first-order valence-electron chi connectivity index (χ1n) is 4.78. The maximum atomic E-state index is 12.7. The van der Waals surface area contributed by atoms with Crippen molar-refractivity contribution < 1.29 is 17.9 Å². The van der Waals surface area contributed by atoms with Crippen molar-refractivity contribution in [2.75, 3.05) is 7.11 Å². The fourth-order valence-corrected chi connectivity index (χ4v) is 1.24. The Kier molecular flexibility index (Phi) is 3.17. The number of hydrogen-bond donors (Lipinski definition) is 0. The Balaban J connectivity index is 3.34. The third kappa shape index (κ3) is 2.65. The first kappa shape index (κ1) is 12.8. The molecule has 5 heteroatoms. The molecular weight excluding hydrogens is 219 g/mol. The summed E-state index contributed by atoms with van der Waals surface area (Å²) in [5.74, 6) is -0.250. The van der Waals surface area contributed by atoms with E-state index in [-0.39, 0.29) is 5.75 Å². The molecule has 0 aliphatic heterocycles. The van der Waals surface area contributed by atoms with Gasteiger partial charge in [-0.25, -0.2) is 0 Å². The van der Waals surface area contributed by atoms with Gasteiger partial charge in [-0.05, 0) is 6.07 Å². The predicted octanol–water partition coefficient (Wildman–Crippen LogP) is 3.41. The third-order valence-electron chi connectivity index (χ3n) is 2.16. The van der Waals surface area contributed by atoms with Crippen LogP contribution in [0.2, 0.25) is 0 Å². The number of ether oxygens (including phenoxy) is 1. The standard InChI is InChI=1S/C11H14F3NO/c1-10(2,3)9-5-7(11(12,13)14)8(16-4)6-15-9/h5-6H,1-4H3. The molecule has 90 valence electrons. The van der Waals surface area contributed by atoms with Gasteiger partial charge in [-0.2, -0.15) is 13.2 Å². The molecule has 0 aliphatic rings. The minimum Gasteiger partial charge on any atom is -0.495 e. The molecule has 0 unspecified atom stereocenters. The number of nitrogens with zero attached hydrogens (tertiary/aromatic N) is 1. The van der Waals surface area contributed by atoms with Gasteiger partial charge in [0.2, 0.25) is 0 Å². The van der Waals surface area contributed by atoms with Crippen molar-refractivity contribution in [1.29, 1.82) is 0 Å². The van der Waals surface area contributed by atoms with Gasteiger partial charge in [0.15, 0.2) is 0 Å². The summed E-state index contributed by atoms with van der Waals surface area (Å²) in [4.78, 5) is 3.97. The molecule has 0 fully saturated rings. The summed E-state index contributed by atoms with van der Waals surface area (Å²) < 4.78 is 42.7. The lowest BCUT2D eigenvalue weighted by Crippen LogP contribution is -2.16. The highest BCUT2D eigenvalue weighted by Crippen LogP contribution is 2.37. The van der Waals surface area contributed by atoms with E-state index in [0.29, 0.717) is 5.69 Å². The number of alkyl halides is 3. The Hall–Kier alpha value is -1.26. The number of halogens is 3. The molecule has 0 N–H and O–H groups in total. The Morgan fingerprint density at radius 3 is 2.12 bits per heavy atom. The number of pyridine rings is 1. The van der Waals surface area contributed by atoms with Crippen LogP contribution in [0.1, 0.15) is 32.0 Å². The number of aromatic nitrogens is 1. The second-order valence-corrected chi connectivity index (χ2v) is 4.52. The molecule has 0 aromatic carbocycles. The van der Waals surface area contributed by atoms with E-state index in [9.17, 15) is 13.2 Å². The van der Waals surface area contributed by atoms with E-state index in [1.807, 2.05) is 20.8 Å². The second-order valence-electron chi connectivity index (χ2n) is 4.52. The van der Waals surface area contributed by atoms with E-state index in [0.717, 1.165) is 12.3 Å². The molecule has 0 aliphatic carbocycles. The first-order valence-corrected chi connectivity index (χ1v) is 4.78. The monoisotopic (exact) mass is 233 g/mol. The average Bonchev–Trinajstić information content (AvgIpc) is 2.14. The van der Waals surface area contributed by atoms with Crippen molar-refractivity contribution in [2.24, 2.45) is 0 Å². The zero-order valence-corrected chi connectivity index (χ0v) is 9.64. The van der Waals surface area contributed by atoms with Gasteiger partial charge in [0.1, 0.15) is 11.3 Å². The molecule has 0 atom stereocenters. The summed E-state index contributed by atoms with van der Waals surface area (Å²) in [5.41, 5.74) is -0.817. The summed E-state index contributed by atoms with van der Waals surface area (Å²) in [6.07, 6.45) is -3.31. The smallest absolute Gasteiger partial charge is 0.420 e. The molecule has 0 spiro atoms. The Labute approximate surface area is 92.5 Å². The molecule has 2 nitrogen and oxygen atoms in total. The maximum absolute atomic E-state index is 12.7. The zero-order valence-electron chi connectivity index (χ0n) is 9.64. The highest BCUT2D eigenvalue weighted by molar-refractivity contribution is 5.36. The van der Waals surface area contributed by atoms with Gasteiger partial charge >= 0.3 is 6.18 Å². The lowest BCUT2D eigenvalue weighted by Gasteiger charge is -2.20. The molecular formula is C11H14F3NO. The van der Waals surface area contributed by atoms with Crippen molar-refractivity contribution in [2.45, 2.75) is 32.4 Å². The van der Waals surface area contributed by atoms with Gasteiger partial charge in [-0.3, -0.25) is 4.98 Å². The number of methoxy groups -OCH3 is 1. The van der Waals surface area contributed by atoms with Crippen molar-refractivity contribution >= 4 is 0 Å². The maximum Gasteiger partial charge on any atom is 0.420 e. The molecule has 0 bridgehead atoms. The highest BCUT2D eigenvalue weighted by atomic mass is 19.4. The first-order chi connectivity index (χ1) is 7.16. The van der Waals surface area contributed by atoms with Crippen LogP contribution >= 0.6 is 0 Å². The molecule has 1 rings (SSSR count). The normalized spacial score (nSPS) is 12.7. The molecule has 1 aromatic rings. The Bertz CT molecular complexity index is 380. The van der Waals surface area contributed by atoms with E-state index < -0.39 is 17.2 Å². The van der Waals surface area contributed by atoms with Gasteiger partial charge in [-0.1, -0.05) is 20.8 Å². The molecule has 0 amide bonds. The van der Waals surface area contributed by atoms with Gasteiger partial charge in [-0.15, -0.1) is 0 Å². The zero-order chi connectivity index (χ0) is 12.6. The SMILES string of the molecule is COc1cnc(C(C)(C)C)cc1C(F)(F)F. The van der Waals surface area contributed by atoms with E-state index >= 15 is 0 Å². The van der Waals surface area contributed by atoms with Crippen LogP contribution in [0.25, 0.3) is 0 Å². The quantitative estimate of drug-likeness (QED) is 0.741. The lowest BCUT2D eigenvalue weighted by molar-refractivity contribution is -0.138. The van der Waals surface area contributed by atoms with Crippen LogP contribution in [0.4, 0.5) is 13.2 Å². The van der Waals surface area contributed by atoms with Gasteiger partial charge in [0.25, 0.3) is 0 Å². The molecule has 0 radical (unpaired) electrons. The largest absolute Gasteiger partial charge is 0.495 e. The Morgan fingerprint density at radius 1 is 1.19 bits per heavy atom. The minimum absolute atomic E-state index is 0.250. The van der Waals surface area contributed by atoms with Crippen LogP contribution in [0.15, 0.2) is 12.3 Å². The van der Waals surface area contributed by atoms with Crippen LogP contribution in [0.5, 0.6) is 5.75 Å². The Morgan fingerprint density at radius 2 is 1.75 bits per heavy atom. The topological polar surface area (TPSA) is 22.1 Å². The van der Waals surface area contributed by atoms with Crippen molar-refractivity contribution in [1.82, 2.24) is 4.98 Å². The van der Waals surface area contributed by atoms with Crippen molar-refractivity contribution in [3.05, 3.63) is 23.5 Å². The highest BCUT2D eigenvalue weighted by Gasteiger charge is 2.35. The summed E-state index contributed by atoms with van der Waals surface area (Å²) >= 11 is 0. The second kappa shape index (κ2) is 3.96. The number of rotatable bonds is 1. The molecule has 0 saturated carbocycles. The van der Waals surface area contributed by atoms with Gasteiger partial charge < -0.3 is 4.74 Å². The molecule has 0 saturated heterocycles. The van der Waals surface area contributed by atoms with E-state index in [1.54, 1.807) is 0 Å². The van der Waals surface area contributed by atoms with Crippen LogP contribution in [0.3, 0.4) is 0 Å². The van der Waals surface area contributed by atoms with Gasteiger partial charge in [0.05, 0.1) is 13.3 Å². The van der Waals surface area contributed by atoms with E-state index in [4.69, 9.17) is 0 Å². The van der Waals surface area contributed by atoms with Gasteiger partial charge in [0, 0.05) is 11.1 Å². The molecule has 1 heterocycles. The third-order valence-corrected chi connectivity index (χ3v) is 2.16. The lowest BCUT2D eigenvalue weighted by atomic mass is 9.90. The summed E-state index contributed by atoms with van der Waals surface area (Å²) in [7, 11) is 1.20. The number of hydrogen-bond acceptors (Lipinski definition) is 2. The van der Waals surface area contributed by atoms with Crippen molar-refractivity contribution in [3.63, 3.8) is 0 Å². The fourth-order valence-electron chi connectivity index (χ4n) is 1.24. The summed E-state index contributed by atoms with van der Waals surface area (Å²) in [6.45, 7) is 5.42. The minimum atomic E-state index is -4.42. The van der Waals surface area contributed by atoms with E-state index in [1.165, 1.54) is 7.11 Å².